The second-order valence-corrected chi connectivity index (χ2v) is 9.46. The first-order chi connectivity index (χ1) is 13.5. The Morgan fingerprint density at radius 1 is 1.21 bits per heavy atom. The number of piperazine rings is 2. The largest absolute Gasteiger partial charge is 0.342 e. The molecule has 2 amide bonds. The zero-order valence-corrected chi connectivity index (χ0v) is 17.7. The normalized spacial score (nSPS) is 23.4. The van der Waals surface area contributed by atoms with Crippen molar-refractivity contribution >= 4 is 33.2 Å². The smallest absolute Gasteiger partial charge is 0.245 e. The van der Waals surface area contributed by atoms with E-state index in [9.17, 15) is 9.59 Å². The number of hydrogen-bond acceptors (Lipinski definition) is 4. The summed E-state index contributed by atoms with van der Waals surface area (Å²) in [5.41, 5.74) is 1.39. The van der Waals surface area contributed by atoms with Crippen LogP contribution in [0.1, 0.15) is 37.6 Å². The summed E-state index contributed by atoms with van der Waals surface area (Å²) in [5.74, 6) is 0.473. The predicted molar refractivity (Wildman–Crippen MR) is 113 cm³/mol. The van der Waals surface area contributed by atoms with Crippen LogP contribution in [0.3, 0.4) is 0 Å². The first kappa shape index (κ1) is 19.4. The van der Waals surface area contributed by atoms with Gasteiger partial charge in [0.05, 0.1) is 0 Å². The average molecular weight is 400 g/mol. The Hall–Kier alpha value is -1.92. The van der Waals surface area contributed by atoms with E-state index in [1.807, 2.05) is 16.2 Å². The molecule has 0 saturated carbocycles. The third-order valence-electron chi connectivity index (χ3n) is 5.86. The third kappa shape index (κ3) is 3.55. The molecule has 6 heteroatoms. The lowest BCUT2D eigenvalue weighted by Crippen LogP contribution is -2.69. The molecular weight excluding hydrogens is 370 g/mol. The topological polar surface area (TPSA) is 52.6 Å². The Morgan fingerprint density at radius 2 is 2.00 bits per heavy atom. The maximum atomic E-state index is 12.8. The van der Waals surface area contributed by atoms with Crippen LogP contribution in [0.4, 0.5) is 0 Å². The van der Waals surface area contributed by atoms with Gasteiger partial charge in [0.1, 0.15) is 12.1 Å². The van der Waals surface area contributed by atoms with Crippen LogP contribution in [-0.4, -0.2) is 53.3 Å². The summed E-state index contributed by atoms with van der Waals surface area (Å²) in [6.07, 6.45) is 1.73. The number of amides is 2. The summed E-state index contributed by atoms with van der Waals surface area (Å²) in [7, 11) is 0. The lowest BCUT2D eigenvalue weighted by atomic mass is 9.97. The van der Waals surface area contributed by atoms with Crippen molar-refractivity contribution in [1.29, 1.82) is 0 Å². The van der Waals surface area contributed by atoms with Gasteiger partial charge in [0.25, 0.3) is 0 Å². The van der Waals surface area contributed by atoms with Crippen LogP contribution in [0, 0.1) is 5.92 Å². The molecule has 1 aromatic heterocycles. The van der Waals surface area contributed by atoms with Crippen LogP contribution in [-0.2, 0) is 22.6 Å². The number of fused-ring (bicyclic) bond motifs is 2. The first-order valence-corrected chi connectivity index (χ1v) is 11.1. The zero-order valence-electron chi connectivity index (χ0n) is 16.9. The van der Waals surface area contributed by atoms with Gasteiger partial charge in [0.15, 0.2) is 0 Å². The van der Waals surface area contributed by atoms with E-state index in [4.69, 9.17) is 0 Å². The summed E-state index contributed by atoms with van der Waals surface area (Å²) in [6, 6.07) is 7.85. The molecule has 2 unspecified atom stereocenters. The van der Waals surface area contributed by atoms with Gasteiger partial charge in [-0.2, -0.15) is 0 Å². The molecule has 2 aliphatic rings. The number of carbonyl (C=O) groups excluding carboxylic acids is 2. The Kier molecular flexibility index (Phi) is 5.43. The standard InChI is InChI=1S/C22H29N3O2S/c1-4-19-16(15-7-5-6-8-20(15)28-19)12-24-9-10-25-18(13-24)21(26)23-17(22(25)27)11-14(2)3/h5-8,14,17-18H,4,9-13H2,1-3H3,(H,23,26). The fourth-order valence-electron chi connectivity index (χ4n) is 4.46. The van der Waals surface area contributed by atoms with Gasteiger partial charge in [0.2, 0.25) is 11.8 Å². The molecule has 2 aliphatic heterocycles. The molecule has 28 heavy (non-hydrogen) atoms. The zero-order chi connectivity index (χ0) is 19.8. The summed E-state index contributed by atoms with van der Waals surface area (Å²) in [6.45, 7) is 9.27. The monoisotopic (exact) mass is 399 g/mol. The number of hydrogen-bond donors (Lipinski definition) is 1. The molecule has 4 rings (SSSR count). The molecule has 2 atom stereocenters. The van der Waals surface area contributed by atoms with Crippen LogP contribution in [0.25, 0.3) is 10.1 Å². The molecule has 0 spiro atoms. The van der Waals surface area contributed by atoms with Gasteiger partial charge in [-0.3, -0.25) is 14.5 Å². The van der Waals surface area contributed by atoms with E-state index < -0.39 is 0 Å². The minimum absolute atomic E-state index is 0.000779. The van der Waals surface area contributed by atoms with Crippen LogP contribution in [0.2, 0.25) is 0 Å². The highest BCUT2D eigenvalue weighted by molar-refractivity contribution is 7.19. The van der Waals surface area contributed by atoms with Gasteiger partial charge in [-0.25, -0.2) is 0 Å². The van der Waals surface area contributed by atoms with Gasteiger partial charge in [-0.1, -0.05) is 39.0 Å². The fraction of sp³-hybridized carbons (Fsp3) is 0.545. The first-order valence-electron chi connectivity index (χ1n) is 10.3. The molecule has 5 nitrogen and oxygen atoms in total. The van der Waals surface area contributed by atoms with E-state index in [0.717, 1.165) is 19.5 Å². The lowest BCUT2D eigenvalue weighted by molar-refractivity contribution is -0.153. The minimum atomic E-state index is -0.361. The van der Waals surface area contributed by atoms with Crippen LogP contribution in [0.15, 0.2) is 24.3 Å². The molecule has 0 aliphatic carbocycles. The van der Waals surface area contributed by atoms with Crippen molar-refractivity contribution in [3.8, 4) is 0 Å². The highest BCUT2D eigenvalue weighted by Crippen LogP contribution is 2.33. The fourth-order valence-corrected chi connectivity index (χ4v) is 5.62. The number of aryl methyl sites for hydroxylation is 1. The van der Waals surface area contributed by atoms with Gasteiger partial charge < -0.3 is 10.2 Å². The van der Waals surface area contributed by atoms with E-state index in [2.05, 4.69) is 55.3 Å². The Bertz CT molecular complexity index is 891. The number of benzene rings is 1. The maximum Gasteiger partial charge on any atom is 0.245 e. The lowest BCUT2D eigenvalue weighted by Gasteiger charge is -2.45. The quantitative estimate of drug-likeness (QED) is 0.841. The number of nitrogens with zero attached hydrogens (tertiary/aromatic N) is 2. The molecule has 1 aromatic carbocycles. The summed E-state index contributed by atoms with van der Waals surface area (Å²) in [5, 5.41) is 4.30. The van der Waals surface area contributed by atoms with E-state index in [1.54, 1.807) is 0 Å². The number of nitrogens with one attached hydrogen (secondary N) is 1. The van der Waals surface area contributed by atoms with Crippen LogP contribution in [0.5, 0.6) is 0 Å². The van der Waals surface area contributed by atoms with Crippen molar-refractivity contribution < 1.29 is 9.59 Å². The van der Waals surface area contributed by atoms with Crippen molar-refractivity contribution in [3.63, 3.8) is 0 Å². The van der Waals surface area contributed by atoms with Crippen molar-refractivity contribution in [2.75, 3.05) is 19.6 Å². The molecule has 0 bridgehead atoms. The molecule has 2 saturated heterocycles. The van der Waals surface area contributed by atoms with E-state index in [0.29, 0.717) is 25.4 Å². The maximum absolute atomic E-state index is 12.8. The van der Waals surface area contributed by atoms with Gasteiger partial charge in [0, 0.05) is 35.8 Å². The SMILES string of the molecule is CCc1sc2ccccc2c1CN1CCN2C(=O)C(CC(C)C)NC(=O)C2C1. The summed E-state index contributed by atoms with van der Waals surface area (Å²) < 4.78 is 1.33. The Morgan fingerprint density at radius 3 is 2.75 bits per heavy atom. The second-order valence-electron chi connectivity index (χ2n) is 8.33. The molecule has 0 radical (unpaired) electrons. The second kappa shape index (κ2) is 7.84. The number of carbonyl (C=O) groups is 2. The third-order valence-corrected chi connectivity index (χ3v) is 7.21. The van der Waals surface area contributed by atoms with Gasteiger partial charge >= 0.3 is 0 Å². The Balaban J connectivity index is 1.51. The van der Waals surface area contributed by atoms with E-state index in [1.165, 1.54) is 20.5 Å². The van der Waals surface area contributed by atoms with Crippen LogP contribution < -0.4 is 5.32 Å². The molecule has 150 valence electrons. The highest BCUT2D eigenvalue weighted by atomic mass is 32.1. The molecular formula is C22H29N3O2S. The van der Waals surface area contributed by atoms with Crippen LogP contribution >= 0.6 is 11.3 Å². The molecule has 3 heterocycles. The number of thiophene rings is 1. The van der Waals surface area contributed by atoms with E-state index in [-0.39, 0.29) is 23.9 Å². The summed E-state index contributed by atoms with van der Waals surface area (Å²) in [4.78, 5) is 31.1. The van der Waals surface area contributed by atoms with Gasteiger partial charge in [-0.05, 0) is 35.8 Å². The average Bonchev–Trinajstić information content (AvgIpc) is 3.03. The highest BCUT2D eigenvalue weighted by Gasteiger charge is 2.43. The predicted octanol–water partition coefficient (Wildman–Crippen LogP) is 3.02. The minimum Gasteiger partial charge on any atom is -0.342 e. The van der Waals surface area contributed by atoms with Crippen molar-refractivity contribution in [2.45, 2.75) is 52.2 Å². The van der Waals surface area contributed by atoms with E-state index >= 15 is 0 Å². The Labute approximate surface area is 170 Å². The van der Waals surface area contributed by atoms with Crippen molar-refractivity contribution in [1.82, 2.24) is 15.1 Å². The molecule has 2 aromatic rings. The molecule has 2 fully saturated rings. The van der Waals surface area contributed by atoms with Crippen molar-refractivity contribution in [3.05, 3.63) is 34.7 Å². The van der Waals surface area contributed by atoms with Gasteiger partial charge in [-0.15, -0.1) is 11.3 Å². The molecule has 1 N–H and O–H groups in total. The number of rotatable bonds is 5. The van der Waals surface area contributed by atoms with Crippen molar-refractivity contribution in [2.24, 2.45) is 5.92 Å². The summed E-state index contributed by atoms with van der Waals surface area (Å²) >= 11 is 1.87.